The molecule has 0 aliphatic rings. The van der Waals surface area contributed by atoms with Gasteiger partial charge in [-0.1, -0.05) is 59.6 Å². The van der Waals surface area contributed by atoms with Gasteiger partial charge in [-0.25, -0.2) is 5.43 Å². The number of amides is 1. The molecule has 1 amide bonds. The van der Waals surface area contributed by atoms with Crippen LogP contribution in [0.4, 0.5) is 0 Å². The van der Waals surface area contributed by atoms with Crippen LogP contribution in [-0.4, -0.2) is 17.2 Å². The first kappa shape index (κ1) is 16.1. The first-order valence-electron chi connectivity index (χ1n) is 6.31. The molecule has 2 rings (SSSR count). The Morgan fingerprint density at radius 3 is 2.64 bits per heavy atom. The van der Waals surface area contributed by atoms with Gasteiger partial charge in [0.1, 0.15) is 5.75 Å². The molecule has 22 heavy (non-hydrogen) atoms. The fourth-order valence-corrected chi connectivity index (χ4v) is 2.15. The standard InChI is InChI=1S/C16H12Cl2N2O2/c17-12-9-13(15(21)14(18)10-12)16(22)20-19-8-4-7-11-5-2-1-3-6-11/h1-10,21H,(H,20,22). The quantitative estimate of drug-likeness (QED) is 0.652. The molecule has 0 heterocycles. The number of carbonyl (C=O) groups is 1. The van der Waals surface area contributed by atoms with Crippen LogP contribution in [-0.2, 0) is 0 Å². The van der Waals surface area contributed by atoms with E-state index in [0.29, 0.717) is 0 Å². The molecule has 6 heteroatoms. The first-order chi connectivity index (χ1) is 10.6. The van der Waals surface area contributed by atoms with Gasteiger partial charge in [0.25, 0.3) is 5.91 Å². The summed E-state index contributed by atoms with van der Waals surface area (Å²) in [6.07, 6.45) is 4.94. The third kappa shape index (κ3) is 4.35. The monoisotopic (exact) mass is 334 g/mol. The maximum absolute atomic E-state index is 11.9. The fourth-order valence-electron chi connectivity index (χ4n) is 1.66. The lowest BCUT2D eigenvalue weighted by Crippen LogP contribution is -2.17. The lowest BCUT2D eigenvalue weighted by molar-refractivity contribution is 0.0952. The summed E-state index contributed by atoms with van der Waals surface area (Å²) in [7, 11) is 0. The molecule has 0 radical (unpaired) electrons. The van der Waals surface area contributed by atoms with Gasteiger partial charge in [-0.3, -0.25) is 4.79 Å². The van der Waals surface area contributed by atoms with E-state index in [1.165, 1.54) is 18.3 Å². The molecule has 0 fully saturated rings. The molecule has 0 spiro atoms. The molecule has 2 N–H and O–H groups in total. The van der Waals surface area contributed by atoms with E-state index in [2.05, 4.69) is 10.5 Å². The van der Waals surface area contributed by atoms with Crippen molar-refractivity contribution in [1.29, 1.82) is 0 Å². The van der Waals surface area contributed by atoms with E-state index in [9.17, 15) is 9.90 Å². The Morgan fingerprint density at radius 2 is 1.91 bits per heavy atom. The van der Waals surface area contributed by atoms with E-state index in [1.54, 1.807) is 6.08 Å². The lowest BCUT2D eigenvalue weighted by Gasteiger charge is -2.05. The summed E-state index contributed by atoms with van der Waals surface area (Å²) in [5.74, 6) is -0.940. The summed E-state index contributed by atoms with van der Waals surface area (Å²) in [6.45, 7) is 0. The molecule has 112 valence electrons. The highest BCUT2D eigenvalue weighted by Gasteiger charge is 2.14. The van der Waals surface area contributed by atoms with Crippen LogP contribution in [0, 0.1) is 0 Å². The van der Waals surface area contributed by atoms with Crippen molar-refractivity contribution in [2.45, 2.75) is 0 Å². The van der Waals surface area contributed by atoms with Crippen molar-refractivity contribution in [1.82, 2.24) is 5.43 Å². The van der Waals surface area contributed by atoms with E-state index in [0.717, 1.165) is 5.56 Å². The van der Waals surface area contributed by atoms with Crippen molar-refractivity contribution < 1.29 is 9.90 Å². The van der Waals surface area contributed by atoms with Crippen molar-refractivity contribution in [3.8, 4) is 5.75 Å². The van der Waals surface area contributed by atoms with Crippen LogP contribution in [0.2, 0.25) is 10.0 Å². The summed E-state index contributed by atoms with van der Waals surface area (Å²) < 4.78 is 0. The zero-order chi connectivity index (χ0) is 15.9. The number of aromatic hydroxyl groups is 1. The predicted octanol–water partition coefficient (Wildman–Crippen LogP) is 4.13. The second kappa shape index (κ2) is 7.64. The third-order valence-electron chi connectivity index (χ3n) is 2.69. The number of benzene rings is 2. The average Bonchev–Trinajstić information content (AvgIpc) is 2.51. The molecule has 0 aliphatic carbocycles. The van der Waals surface area contributed by atoms with E-state index < -0.39 is 5.91 Å². The summed E-state index contributed by atoms with van der Waals surface area (Å²) in [6, 6.07) is 12.3. The fraction of sp³-hybridized carbons (Fsp3) is 0. The molecular weight excluding hydrogens is 323 g/mol. The van der Waals surface area contributed by atoms with Crippen LogP contribution in [0.1, 0.15) is 15.9 Å². The molecule has 2 aromatic rings. The molecule has 0 saturated carbocycles. The Balaban J connectivity index is 1.98. The Morgan fingerprint density at radius 1 is 1.18 bits per heavy atom. The van der Waals surface area contributed by atoms with Crippen molar-refractivity contribution in [3.05, 3.63) is 69.7 Å². The second-order valence-electron chi connectivity index (χ2n) is 4.27. The molecule has 0 aromatic heterocycles. The number of hydrazone groups is 1. The zero-order valence-electron chi connectivity index (χ0n) is 11.3. The number of nitrogens with zero attached hydrogens (tertiary/aromatic N) is 1. The second-order valence-corrected chi connectivity index (χ2v) is 5.12. The predicted molar refractivity (Wildman–Crippen MR) is 89.6 cm³/mol. The average molecular weight is 335 g/mol. The molecule has 0 atom stereocenters. The summed E-state index contributed by atoms with van der Waals surface area (Å²) >= 11 is 11.5. The lowest BCUT2D eigenvalue weighted by atomic mass is 10.2. The Hall–Kier alpha value is -2.30. The minimum Gasteiger partial charge on any atom is -0.506 e. The highest BCUT2D eigenvalue weighted by molar-refractivity contribution is 6.36. The van der Waals surface area contributed by atoms with E-state index in [-0.39, 0.29) is 21.4 Å². The third-order valence-corrected chi connectivity index (χ3v) is 3.19. The molecule has 0 bridgehead atoms. The summed E-state index contributed by atoms with van der Waals surface area (Å²) in [4.78, 5) is 11.9. The van der Waals surface area contributed by atoms with Crippen molar-refractivity contribution in [2.75, 3.05) is 0 Å². The van der Waals surface area contributed by atoms with Crippen molar-refractivity contribution in [3.63, 3.8) is 0 Å². The van der Waals surface area contributed by atoms with Gasteiger partial charge in [0.05, 0.1) is 10.6 Å². The number of nitrogens with one attached hydrogen (secondary N) is 1. The highest BCUT2D eigenvalue weighted by Crippen LogP contribution is 2.30. The number of halogens is 2. The summed E-state index contributed by atoms with van der Waals surface area (Å²) in [5, 5.41) is 13.7. The van der Waals surface area contributed by atoms with Gasteiger partial charge < -0.3 is 5.11 Å². The smallest absolute Gasteiger partial charge is 0.275 e. The molecule has 2 aromatic carbocycles. The number of allylic oxidation sites excluding steroid dienone is 1. The van der Waals surface area contributed by atoms with Crippen LogP contribution < -0.4 is 5.43 Å². The topological polar surface area (TPSA) is 61.7 Å². The number of hydrogen-bond acceptors (Lipinski definition) is 3. The SMILES string of the molecule is O=C(NN=CC=Cc1ccccc1)c1cc(Cl)cc(Cl)c1O. The molecular formula is C16H12Cl2N2O2. The van der Waals surface area contributed by atoms with Gasteiger partial charge in [-0.05, 0) is 23.8 Å². The number of phenols is 1. The largest absolute Gasteiger partial charge is 0.506 e. The van der Waals surface area contributed by atoms with E-state index in [4.69, 9.17) is 23.2 Å². The van der Waals surface area contributed by atoms with Gasteiger partial charge in [-0.2, -0.15) is 5.10 Å². The summed E-state index contributed by atoms with van der Waals surface area (Å²) in [5.41, 5.74) is 3.26. The molecule has 0 aliphatic heterocycles. The Labute approximate surface area is 137 Å². The Kier molecular flexibility index (Phi) is 5.58. The number of hydrogen-bond donors (Lipinski definition) is 2. The number of phenolic OH excluding ortho intramolecular Hbond substituents is 1. The van der Waals surface area contributed by atoms with Gasteiger partial charge in [0.2, 0.25) is 0 Å². The number of carbonyl (C=O) groups excluding carboxylic acids is 1. The normalized spacial score (nSPS) is 11.2. The first-order valence-corrected chi connectivity index (χ1v) is 7.06. The van der Waals surface area contributed by atoms with Gasteiger partial charge >= 0.3 is 0 Å². The van der Waals surface area contributed by atoms with E-state index in [1.807, 2.05) is 36.4 Å². The van der Waals surface area contributed by atoms with Crippen LogP contribution in [0.3, 0.4) is 0 Å². The highest BCUT2D eigenvalue weighted by atomic mass is 35.5. The van der Waals surface area contributed by atoms with E-state index >= 15 is 0 Å². The minimum absolute atomic E-state index is 0.00519. The minimum atomic E-state index is -0.605. The maximum atomic E-state index is 11.9. The maximum Gasteiger partial charge on any atom is 0.275 e. The van der Waals surface area contributed by atoms with Crippen LogP contribution in [0.15, 0.2) is 53.6 Å². The van der Waals surface area contributed by atoms with Gasteiger partial charge in [0, 0.05) is 11.2 Å². The van der Waals surface area contributed by atoms with Crippen molar-refractivity contribution in [2.24, 2.45) is 5.10 Å². The number of rotatable bonds is 4. The Bertz CT molecular complexity index is 728. The molecule has 0 unspecified atom stereocenters. The van der Waals surface area contributed by atoms with Gasteiger partial charge in [-0.15, -0.1) is 0 Å². The van der Waals surface area contributed by atoms with Gasteiger partial charge in [0.15, 0.2) is 0 Å². The zero-order valence-corrected chi connectivity index (χ0v) is 12.8. The van der Waals surface area contributed by atoms with Crippen LogP contribution in [0.25, 0.3) is 6.08 Å². The molecule has 4 nitrogen and oxygen atoms in total. The van der Waals surface area contributed by atoms with Crippen molar-refractivity contribution >= 4 is 41.4 Å². The molecule has 0 saturated heterocycles. The van der Waals surface area contributed by atoms with Crippen LogP contribution >= 0.6 is 23.2 Å². The van der Waals surface area contributed by atoms with Crippen LogP contribution in [0.5, 0.6) is 5.75 Å².